The van der Waals surface area contributed by atoms with E-state index in [1.54, 1.807) is 7.11 Å². The van der Waals surface area contributed by atoms with E-state index in [4.69, 9.17) is 4.74 Å². The SMILES string of the molecule is COc1ccccc1C[C@@H](C(=O)Nc1ccccc1C)c1nnn[n-]1. The quantitative estimate of drug-likeness (QED) is 0.741. The third-order valence-corrected chi connectivity index (χ3v) is 3.98. The topological polar surface area (TPSA) is 91.1 Å². The molecule has 0 radical (unpaired) electrons. The number of nitrogens with zero attached hydrogens (tertiary/aromatic N) is 4. The van der Waals surface area contributed by atoms with E-state index < -0.39 is 5.92 Å². The lowest BCUT2D eigenvalue weighted by Crippen LogP contribution is -2.25. The molecular formula is C18H18N5O2-. The summed E-state index contributed by atoms with van der Waals surface area (Å²) in [6, 6.07) is 15.1. The van der Waals surface area contributed by atoms with Gasteiger partial charge in [-0.1, -0.05) is 36.4 Å². The normalized spacial score (nSPS) is 11.8. The van der Waals surface area contributed by atoms with Gasteiger partial charge in [-0.3, -0.25) is 15.1 Å². The number of carbonyl (C=O) groups excluding carboxylic acids is 1. The highest BCUT2D eigenvalue weighted by Gasteiger charge is 2.23. The Morgan fingerprint density at radius 2 is 1.96 bits per heavy atom. The summed E-state index contributed by atoms with van der Waals surface area (Å²) in [6.45, 7) is 1.94. The molecule has 7 heteroatoms. The van der Waals surface area contributed by atoms with Crippen LogP contribution in [0, 0.1) is 6.92 Å². The highest BCUT2D eigenvalue weighted by molar-refractivity contribution is 5.96. The number of aryl methyl sites for hydroxylation is 1. The van der Waals surface area contributed by atoms with Crippen molar-refractivity contribution in [3.63, 3.8) is 0 Å². The molecule has 1 atom stereocenters. The monoisotopic (exact) mass is 336 g/mol. The Balaban J connectivity index is 1.88. The second-order valence-corrected chi connectivity index (χ2v) is 5.61. The first-order valence-electron chi connectivity index (χ1n) is 7.86. The number of amides is 1. The smallest absolute Gasteiger partial charge is 0.232 e. The number of methoxy groups -OCH3 is 1. The van der Waals surface area contributed by atoms with Crippen LogP contribution in [0.1, 0.15) is 22.9 Å². The zero-order valence-corrected chi connectivity index (χ0v) is 14.0. The maximum Gasteiger partial charge on any atom is 0.232 e. The van der Waals surface area contributed by atoms with Crippen LogP contribution in [-0.4, -0.2) is 28.5 Å². The number of hydrogen-bond acceptors (Lipinski definition) is 5. The molecule has 0 saturated carbocycles. The lowest BCUT2D eigenvalue weighted by atomic mass is 9.96. The van der Waals surface area contributed by atoms with Gasteiger partial charge in [-0.05, 0) is 36.6 Å². The van der Waals surface area contributed by atoms with E-state index in [2.05, 4.69) is 25.9 Å². The fraction of sp³-hybridized carbons (Fsp3) is 0.222. The average molecular weight is 336 g/mol. The first-order chi connectivity index (χ1) is 12.2. The summed E-state index contributed by atoms with van der Waals surface area (Å²) >= 11 is 0. The second kappa shape index (κ2) is 7.57. The van der Waals surface area contributed by atoms with Gasteiger partial charge in [0.15, 0.2) is 0 Å². The molecule has 0 saturated heterocycles. The van der Waals surface area contributed by atoms with Gasteiger partial charge in [0, 0.05) is 11.5 Å². The molecule has 3 rings (SSSR count). The molecule has 0 fully saturated rings. The van der Waals surface area contributed by atoms with E-state index in [0.717, 1.165) is 16.8 Å². The minimum Gasteiger partial charge on any atom is -0.496 e. The van der Waals surface area contributed by atoms with Crippen LogP contribution in [0.15, 0.2) is 48.5 Å². The van der Waals surface area contributed by atoms with Crippen molar-refractivity contribution in [1.29, 1.82) is 0 Å². The van der Waals surface area contributed by atoms with Crippen molar-refractivity contribution >= 4 is 11.6 Å². The Bertz CT molecular complexity index is 848. The number of anilines is 1. The van der Waals surface area contributed by atoms with Crippen LogP contribution in [0.25, 0.3) is 0 Å². The molecule has 1 aromatic heterocycles. The molecule has 128 valence electrons. The third kappa shape index (κ3) is 3.82. The van der Waals surface area contributed by atoms with E-state index in [-0.39, 0.29) is 11.7 Å². The fourth-order valence-corrected chi connectivity index (χ4v) is 2.62. The standard InChI is InChI=1S/C18H19N5O2/c1-12-7-3-5-9-15(12)19-18(24)14(17-20-22-23-21-17)11-13-8-4-6-10-16(13)25-2/h3-10,14H,11H2,1-2H3,(H2,19,20,21,22,23,24)/p-1/t14-/m1/s1. The minimum absolute atomic E-state index is 0.213. The van der Waals surface area contributed by atoms with Gasteiger partial charge in [0.1, 0.15) is 5.75 Å². The molecule has 0 aliphatic rings. The predicted molar refractivity (Wildman–Crippen MR) is 92.4 cm³/mol. The Kier molecular flexibility index (Phi) is 5.03. The number of aromatic nitrogens is 4. The van der Waals surface area contributed by atoms with Gasteiger partial charge in [-0.2, -0.15) is 5.21 Å². The molecule has 0 aliphatic carbocycles. The van der Waals surface area contributed by atoms with E-state index in [9.17, 15) is 4.79 Å². The molecule has 0 spiro atoms. The maximum absolute atomic E-state index is 12.9. The van der Waals surface area contributed by atoms with Crippen molar-refractivity contribution in [3.8, 4) is 5.75 Å². The molecule has 25 heavy (non-hydrogen) atoms. The number of carbonyl (C=O) groups is 1. The van der Waals surface area contributed by atoms with Gasteiger partial charge in [-0.15, -0.1) is 0 Å². The molecule has 1 N–H and O–H groups in total. The lowest BCUT2D eigenvalue weighted by Gasteiger charge is -2.19. The lowest BCUT2D eigenvalue weighted by molar-refractivity contribution is -0.117. The highest BCUT2D eigenvalue weighted by Crippen LogP contribution is 2.26. The summed E-state index contributed by atoms with van der Waals surface area (Å²) in [4.78, 5) is 12.9. The highest BCUT2D eigenvalue weighted by atomic mass is 16.5. The zero-order chi connectivity index (χ0) is 17.6. The van der Waals surface area contributed by atoms with Crippen LogP contribution in [0.3, 0.4) is 0 Å². The third-order valence-electron chi connectivity index (χ3n) is 3.98. The second-order valence-electron chi connectivity index (χ2n) is 5.61. The van der Waals surface area contributed by atoms with Crippen molar-refractivity contribution in [3.05, 3.63) is 65.5 Å². The summed E-state index contributed by atoms with van der Waals surface area (Å²) < 4.78 is 5.38. The van der Waals surface area contributed by atoms with E-state index in [1.165, 1.54) is 0 Å². The molecule has 1 amide bonds. The minimum atomic E-state index is -0.620. The Labute approximate surface area is 145 Å². The van der Waals surface area contributed by atoms with Gasteiger partial charge in [0.25, 0.3) is 0 Å². The number of rotatable bonds is 6. The van der Waals surface area contributed by atoms with E-state index in [1.807, 2.05) is 55.5 Å². The number of hydrogen-bond donors (Lipinski definition) is 1. The van der Waals surface area contributed by atoms with Crippen LogP contribution >= 0.6 is 0 Å². The van der Waals surface area contributed by atoms with E-state index in [0.29, 0.717) is 12.2 Å². The molecule has 1 heterocycles. The van der Waals surface area contributed by atoms with Crippen molar-refractivity contribution in [1.82, 2.24) is 20.6 Å². The van der Waals surface area contributed by atoms with Crippen LogP contribution in [0.4, 0.5) is 5.69 Å². The molecule has 3 aromatic rings. The van der Waals surface area contributed by atoms with Gasteiger partial charge in [0.05, 0.1) is 13.0 Å². The summed E-state index contributed by atoms with van der Waals surface area (Å²) in [5, 5.41) is 17.7. The summed E-state index contributed by atoms with van der Waals surface area (Å²) in [6.07, 6.45) is 0.384. The van der Waals surface area contributed by atoms with Gasteiger partial charge in [0.2, 0.25) is 5.91 Å². The average Bonchev–Trinajstić information content (AvgIpc) is 3.16. The summed E-state index contributed by atoms with van der Waals surface area (Å²) in [7, 11) is 1.60. The molecule has 2 aromatic carbocycles. The molecule has 0 unspecified atom stereocenters. The van der Waals surface area contributed by atoms with Crippen molar-refractivity contribution < 1.29 is 9.53 Å². The Morgan fingerprint density at radius 1 is 1.20 bits per heavy atom. The Morgan fingerprint density at radius 3 is 2.68 bits per heavy atom. The molecular weight excluding hydrogens is 318 g/mol. The van der Waals surface area contributed by atoms with Crippen LogP contribution in [0.5, 0.6) is 5.75 Å². The van der Waals surface area contributed by atoms with Crippen LogP contribution in [-0.2, 0) is 11.2 Å². The van der Waals surface area contributed by atoms with Crippen molar-refractivity contribution in [2.75, 3.05) is 12.4 Å². The van der Waals surface area contributed by atoms with Crippen LogP contribution < -0.4 is 15.2 Å². The summed E-state index contributed by atoms with van der Waals surface area (Å²) in [5.74, 6) is 0.168. The fourth-order valence-electron chi connectivity index (χ4n) is 2.62. The zero-order valence-electron chi connectivity index (χ0n) is 14.0. The van der Waals surface area contributed by atoms with Gasteiger partial charge >= 0.3 is 0 Å². The Hall–Kier alpha value is -3.22. The van der Waals surface area contributed by atoms with Crippen LogP contribution in [0.2, 0.25) is 0 Å². The molecule has 0 aliphatic heterocycles. The largest absolute Gasteiger partial charge is 0.496 e. The first kappa shape index (κ1) is 16.6. The van der Waals surface area contributed by atoms with E-state index >= 15 is 0 Å². The van der Waals surface area contributed by atoms with Crippen molar-refractivity contribution in [2.45, 2.75) is 19.3 Å². The molecule has 7 nitrogen and oxygen atoms in total. The number of tetrazole rings is 1. The number of para-hydroxylation sites is 2. The van der Waals surface area contributed by atoms with Gasteiger partial charge < -0.3 is 15.2 Å². The predicted octanol–water partition coefficient (Wildman–Crippen LogP) is 2.11. The molecule has 0 bridgehead atoms. The number of ether oxygens (including phenoxy) is 1. The maximum atomic E-state index is 12.9. The van der Waals surface area contributed by atoms with Gasteiger partial charge in [-0.25, -0.2) is 0 Å². The number of nitrogens with one attached hydrogen (secondary N) is 1. The van der Waals surface area contributed by atoms with Crippen molar-refractivity contribution in [2.24, 2.45) is 0 Å². The summed E-state index contributed by atoms with van der Waals surface area (Å²) in [5.41, 5.74) is 2.62. The number of benzene rings is 2. The first-order valence-corrected chi connectivity index (χ1v) is 7.86.